The van der Waals surface area contributed by atoms with Gasteiger partial charge in [-0.1, -0.05) is 22.3 Å². The monoisotopic (exact) mass is 209 g/mol. The summed E-state index contributed by atoms with van der Waals surface area (Å²) in [4.78, 5) is 25.0. The zero-order valence-electron chi connectivity index (χ0n) is 4.22. The van der Waals surface area contributed by atoms with Gasteiger partial charge in [-0.25, -0.2) is 30.6 Å². The molecule has 0 bridgehead atoms. The van der Waals surface area contributed by atoms with Crippen molar-refractivity contribution in [1.29, 1.82) is 16.2 Å². The van der Waals surface area contributed by atoms with E-state index in [4.69, 9.17) is 30.6 Å². The third-order valence-corrected chi connectivity index (χ3v) is 0. The summed E-state index contributed by atoms with van der Waals surface area (Å²) in [6, 6.07) is 0. The lowest BCUT2D eigenvalue weighted by molar-refractivity contribution is 0.562. The largest absolute Gasteiger partial charge is 0.231 e. The number of rotatable bonds is 0. The normalized spacial score (nSPS) is 1.85. The van der Waals surface area contributed by atoms with Crippen LogP contribution in [0, 0.1) is 16.2 Å². The highest BCUT2D eigenvalue weighted by molar-refractivity contribution is 5.75. The van der Waals surface area contributed by atoms with Crippen molar-refractivity contribution in [2.24, 2.45) is 0 Å². The molecule has 0 atom stereocenters. The summed E-state index contributed by atoms with van der Waals surface area (Å²) in [6.07, 6.45) is 2.25. The summed E-state index contributed by atoms with van der Waals surface area (Å²) in [5.74, 6) is 0. The molecule has 0 heterocycles. The minimum atomic E-state index is 0. The first-order valence-electron chi connectivity index (χ1n) is 1.36. The molecule has 13 heavy (non-hydrogen) atoms. The Morgan fingerprint density at radius 1 is 0.615 bits per heavy atom. The maximum atomic E-state index is 8.35. The average Bonchev–Trinajstić information content (AvgIpc) is 1.70. The van der Waals surface area contributed by atoms with Gasteiger partial charge in [-0.05, 0) is 11.0 Å². The predicted octanol–water partition coefficient (Wildman–Crippen LogP) is 0.160. The molecule has 0 spiro atoms. The number of hydrogen-bond acceptors (Lipinski definition) is 6. The van der Waals surface area contributed by atoms with Crippen molar-refractivity contribution in [2.45, 2.75) is 22.3 Å². The molecule has 0 saturated heterocycles. The van der Waals surface area contributed by atoms with Crippen LogP contribution in [0.1, 0.15) is 22.3 Å². The van der Waals surface area contributed by atoms with E-state index in [0.717, 1.165) is 18.2 Å². The quantitative estimate of drug-likeness (QED) is 0.299. The third kappa shape index (κ3) is 268. The van der Waals surface area contributed by atoms with Crippen LogP contribution in [0.15, 0.2) is 0 Å². The number of isocyanates is 3. The first kappa shape index (κ1) is 64.2. The lowest BCUT2D eigenvalue weighted by Gasteiger charge is -1.02. The van der Waals surface area contributed by atoms with Crippen molar-refractivity contribution < 1.29 is 14.4 Å². The molecule has 0 aromatic rings. The smallest absolute Gasteiger partial charge is 0.222 e. The molecule has 0 saturated carbocycles. The van der Waals surface area contributed by atoms with Crippen LogP contribution in [0.2, 0.25) is 0 Å². The molecule has 0 radical (unpaired) electrons. The van der Waals surface area contributed by atoms with E-state index in [1.54, 1.807) is 0 Å². The Bertz CT molecular complexity index is 115. The van der Waals surface area contributed by atoms with Crippen LogP contribution in [0.25, 0.3) is 0 Å². The standard InChI is InChI=1S/3CHNO.3CH4.H4Si/c3*2-1-3;;;;/h3*2H;4*1H4. The summed E-state index contributed by atoms with van der Waals surface area (Å²) in [5, 5.41) is 16.2. The molecule has 0 aliphatic rings. The minimum absolute atomic E-state index is 0. The van der Waals surface area contributed by atoms with E-state index < -0.39 is 0 Å². The molecule has 3 N–H and O–H groups in total. The van der Waals surface area contributed by atoms with Gasteiger partial charge in [0.25, 0.3) is 0 Å². The fraction of sp³-hybridized carbons (Fsp3) is 0.500. The number of hydrogen-bond donors (Lipinski definition) is 3. The van der Waals surface area contributed by atoms with Gasteiger partial charge in [-0.15, -0.1) is 0 Å². The summed E-state index contributed by atoms with van der Waals surface area (Å²) < 4.78 is 0. The molecule has 0 aliphatic carbocycles. The Kier molecular flexibility index (Phi) is 2430. The van der Waals surface area contributed by atoms with Crippen LogP contribution in [0.4, 0.5) is 0 Å². The molecule has 0 aromatic heterocycles. The molecule has 7 heteroatoms. The molecule has 0 rings (SSSR count). The Balaban J connectivity index is -0.00000000720. The summed E-state index contributed by atoms with van der Waals surface area (Å²) in [6.45, 7) is 0. The van der Waals surface area contributed by atoms with E-state index in [1.165, 1.54) is 0 Å². The van der Waals surface area contributed by atoms with Crippen molar-refractivity contribution in [1.82, 2.24) is 0 Å². The molecule has 0 fully saturated rings. The van der Waals surface area contributed by atoms with Crippen LogP contribution in [0.5, 0.6) is 0 Å². The predicted molar refractivity (Wildman–Crippen MR) is 56.8 cm³/mol. The van der Waals surface area contributed by atoms with Gasteiger partial charge in [0.15, 0.2) is 0 Å². The highest BCUT2D eigenvalue weighted by Crippen LogP contribution is 0.874. The third-order valence-electron chi connectivity index (χ3n) is 0. The first-order chi connectivity index (χ1) is 4.24. The maximum Gasteiger partial charge on any atom is 0.231 e. The summed E-state index contributed by atoms with van der Waals surface area (Å²) >= 11 is 0. The fourth-order valence-corrected chi connectivity index (χ4v) is 0. The average molecular weight is 209 g/mol. The van der Waals surface area contributed by atoms with Crippen LogP contribution >= 0.6 is 0 Å². The Morgan fingerprint density at radius 2 is 0.615 bits per heavy atom. The van der Waals surface area contributed by atoms with Crippen LogP contribution in [-0.2, 0) is 14.4 Å². The second-order valence-electron chi connectivity index (χ2n) is 0.306. The van der Waals surface area contributed by atoms with Crippen molar-refractivity contribution in [2.75, 3.05) is 0 Å². The Hall–Kier alpha value is -1.64. The van der Waals surface area contributed by atoms with Gasteiger partial charge in [-0.2, -0.15) is 0 Å². The van der Waals surface area contributed by atoms with Gasteiger partial charge in [0.05, 0.1) is 0 Å². The van der Waals surface area contributed by atoms with E-state index in [2.05, 4.69) is 0 Å². The van der Waals surface area contributed by atoms with Crippen molar-refractivity contribution in [3.8, 4) is 0 Å². The van der Waals surface area contributed by atoms with E-state index >= 15 is 0 Å². The second kappa shape index (κ2) is 493. The highest BCUT2D eigenvalue weighted by atomic mass is 28.1. The molecule has 0 aromatic carbocycles. The number of nitrogens with one attached hydrogen (secondary N) is 3. The SMILES string of the molecule is C.C.C.N=C=O.N=C=O.N=C=O.[SiH4]. The van der Waals surface area contributed by atoms with Gasteiger partial charge in [0.2, 0.25) is 18.2 Å². The molecular weight excluding hydrogens is 190 g/mol. The van der Waals surface area contributed by atoms with Gasteiger partial charge < -0.3 is 0 Å². The van der Waals surface area contributed by atoms with Crippen LogP contribution in [0.3, 0.4) is 0 Å². The summed E-state index contributed by atoms with van der Waals surface area (Å²) in [7, 11) is 0. The van der Waals surface area contributed by atoms with E-state index in [1.807, 2.05) is 0 Å². The zero-order chi connectivity index (χ0) is 8.12. The Morgan fingerprint density at radius 3 is 0.615 bits per heavy atom. The lowest BCUT2D eigenvalue weighted by Crippen LogP contribution is -1.16. The lowest BCUT2D eigenvalue weighted by atomic mass is 11.7. The van der Waals surface area contributed by atoms with E-state index in [9.17, 15) is 0 Å². The minimum Gasteiger partial charge on any atom is -0.222 e. The van der Waals surface area contributed by atoms with Gasteiger partial charge in [-0.3, -0.25) is 0 Å². The van der Waals surface area contributed by atoms with Crippen LogP contribution < -0.4 is 0 Å². The van der Waals surface area contributed by atoms with Crippen molar-refractivity contribution in [3.63, 3.8) is 0 Å². The molecule has 0 amide bonds. The summed E-state index contributed by atoms with van der Waals surface area (Å²) in [5.41, 5.74) is 0. The molecule has 0 aliphatic heterocycles. The molecule has 80 valence electrons. The highest BCUT2D eigenvalue weighted by Gasteiger charge is 1.04. The molecule has 0 unspecified atom stereocenters. The van der Waals surface area contributed by atoms with E-state index in [-0.39, 0.29) is 33.2 Å². The van der Waals surface area contributed by atoms with Crippen molar-refractivity contribution >= 4 is 29.2 Å². The van der Waals surface area contributed by atoms with Crippen LogP contribution in [-0.4, -0.2) is 29.2 Å². The van der Waals surface area contributed by atoms with Gasteiger partial charge in [0.1, 0.15) is 0 Å². The van der Waals surface area contributed by atoms with E-state index in [0.29, 0.717) is 0 Å². The first-order valence-corrected chi connectivity index (χ1v) is 1.36. The molecular formula is C6H19N3O3Si. The van der Waals surface area contributed by atoms with Crippen molar-refractivity contribution in [3.05, 3.63) is 0 Å². The molecule has 6 nitrogen and oxygen atoms in total. The zero-order valence-corrected chi connectivity index (χ0v) is 4.22. The second-order valence-corrected chi connectivity index (χ2v) is 0.306. The number of carbonyl (C=O) groups excluding carboxylic acids is 3. The fourth-order valence-electron chi connectivity index (χ4n) is 0. The maximum absolute atomic E-state index is 8.35. The topological polar surface area (TPSA) is 123 Å². The van der Waals surface area contributed by atoms with Gasteiger partial charge in [0, 0.05) is 0 Å². The Labute approximate surface area is 82.9 Å². The van der Waals surface area contributed by atoms with Gasteiger partial charge >= 0.3 is 0 Å².